The van der Waals surface area contributed by atoms with Crippen molar-refractivity contribution in [2.45, 2.75) is 26.4 Å². The molecule has 3 amide bonds. The van der Waals surface area contributed by atoms with Gasteiger partial charge in [-0.1, -0.05) is 11.6 Å². The molecule has 0 atom stereocenters. The Balaban J connectivity index is 1.62. The van der Waals surface area contributed by atoms with Crippen LogP contribution in [-0.2, 0) is 4.74 Å². The molecule has 0 spiro atoms. The van der Waals surface area contributed by atoms with Crippen LogP contribution < -0.4 is 9.64 Å². The van der Waals surface area contributed by atoms with Crippen LogP contribution in [0.4, 0.5) is 15.3 Å². The number of halogens is 1. The number of fused-ring (bicyclic) bond motifs is 1. The first-order valence-corrected chi connectivity index (χ1v) is 9.09. The number of nitrogens with zero attached hydrogens (tertiary/aromatic N) is 3. The first-order chi connectivity index (χ1) is 12.2. The van der Waals surface area contributed by atoms with Gasteiger partial charge in [0, 0.05) is 37.3 Å². The Morgan fingerprint density at radius 3 is 2.38 bits per heavy atom. The maximum absolute atomic E-state index is 12.9. The molecule has 1 aromatic carbocycles. The Morgan fingerprint density at radius 2 is 1.73 bits per heavy atom. The highest BCUT2D eigenvalue weighted by molar-refractivity contribution is 6.30. The van der Waals surface area contributed by atoms with Crippen molar-refractivity contribution in [3.63, 3.8) is 0 Å². The fourth-order valence-corrected chi connectivity index (χ4v) is 3.13. The van der Waals surface area contributed by atoms with Crippen LogP contribution in [0.1, 0.15) is 20.8 Å². The van der Waals surface area contributed by atoms with E-state index in [-0.39, 0.29) is 12.1 Å². The summed E-state index contributed by atoms with van der Waals surface area (Å²) in [6.45, 7) is 8.29. The van der Waals surface area contributed by atoms with Crippen molar-refractivity contribution in [1.29, 1.82) is 0 Å². The molecule has 0 unspecified atom stereocenters. The predicted molar refractivity (Wildman–Crippen MR) is 99.1 cm³/mol. The maximum Gasteiger partial charge on any atom is 0.410 e. The number of carbonyl (C=O) groups excluding carboxylic acids is 2. The molecule has 2 aliphatic rings. The van der Waals surface area contributed by atoms with Crippen LogP contribution in [0.2, 0.25) is 5.02 Å². The van der Waals surface area contributed by atoms with Gasteiger partial charge in [-0.2, -0.15) is 0 Å². The standard InChI is InChI=1S/C18H24ClN3O4/c1-18(2,3)26-17(24)21-8-6-20(7-9-21)16(23)22-10-11-25-15-12-13(19)4-5-14(15)22/h4-5,12H,6-11H2,1-3H3. The predicted octanol–water partition coefficient (Wildman–Crippen LogP) is 3.21. The molecule has 1 fully saturated rings. The quantitative estimate of drug-likeness (QED) is 0.692. The van der Waals surface area contributed by atoms with E-state index in [0.717, 1.165) is 5.69 Å². The minimum atomic E-state index is -0.525. The van der Waals surface area contributed by atoms with E-state index < -0.39 is 5.60 Å². The minimum Gasteiger partial charge on any atom is -0.489 e. The van der Waals surface area contributed by atoms with Crippen LogP contribution >= 0.6 is 11.6 Å². The third-order valence-corrected chi connectivity index (χ3v) is 4.45. The van der Waals surface area contributed by atoms with Crippen molar-refractivity contribution in [3.05, 3.63) is 23.2 Å². The second-order valence-electron chi connectivity index (χ2n) is 7.35. The number of amides is 3. The van der Waals surface area contributed by atoms with E-state index in [1.54, 1.807) is 32.9 Å². The third kappa shape index (κ3) is 4.15. The molecule has 0 saturated carbocycles. The summed E-state index contributed by atoms with van der Waals surface area (Å²) >= 11 is 6.00. The van der Waals surface area contributed by atoms with Crippen LogP contribution in [0, 0.1) is 0 Å². The van der Waals surface area contributed by atoms with Gasteiger partial charge in [-0.15, -0.1) is 0 Å². The Labute approximate surface area is 158 Å². The fourth-order valence-electron chi connectivity index (χ4n) is 2.97. The lowest BCUT2D eigenvalue weighted by Gasteiger charge is -2.39. The molecule has 8 heteroatoms. The molecule has 0 N–H and O–H groups in total. The van der Waals surface area contributed by atoms with Crippen LogP contribution in [0.25, 0.3) is 0 Å². The van der Waals surface area contributed by atoms with Gasteiger partial charge in [-0.05, 0) is 32.9 Å². The average Bonchev–Trinajstić information content (AvgIpc) is 2.59. The van der Waals surface area contributed by atoms with Crippen molar-refractivity contribution in [2.75, 3.05) is 44.2 Å². The summed E-state index contributed by atoms with van der Waals surface area (Å²) in [7, 11) is 0. The summed E-state index contributed by atoms with van der Waals surface area (Å²) in [5.74, 6) is 0.615. The molecule has 2 heterocycles. The zero-order chi connectivity index (χ0) is 18.9. The van der Waals surface area contributed by atoms with Crippen LogP contribution in [-0.4, -0.2) is 66.9 Å². The van der Waals surface area contributed by atoms with Gasteiger partial charge in [0.25, 0.3) is 0 Å². The lowest BCUT2D eigenvalue weighted by molar-refractivity contribution is 0.0172. The van der Waals surface area contributed by atoms with Crippen molar-refractivity contribution < 1.29 is 19.1 Å². The van der Waals surface area contributed by atoms with E-state index in [1.807, 2.05) is 20.8 Å². The molecule has 26 heavy (non-hydrogen) atoms. The topological polar surface area (TPSA) is 62.3 Å². The van der Waals surface area contributed by atoms with Crippen LogP contribution in [0.3, 0.4) is 0 Å². The van der Waals surface area contributed by atoms with Crippen LogP contribution in [0.15, 0.2) is 18.2 Å². The monoisotopic (exact) mass is 381 g/mol. The first kappa shape index (κ1) is 18.6. The number of urea groups is 1. The van der Waals surface area contributed by atoms with E-state index in [0.29, 0.717) is 50.1 Å². The molecule has 1 saturated heterocycles. The Kier molecular flexibility index (Phi) is 5.18. The number of anilines is 1. The molecule has 7 nitrogen and oxygen atoms in total. The van der Waals surface area contributed by atoms with Crippen LogP contribution in [0.5, 0.6) is 5.75 Å². The first-order valence-electron chi connectivity index (χ1n) is 8.71. The van der Waals surface area contributed by atoms with Gasteiger partial charge >= 0.3 is 12.1 Å². The van der Waals surface area contributed by atoms with E-state index in [4.69, 9.17) is 21.1 Å². The third-order valence-electron chi connectivity index (χ3n) is 4.22. The lowest BCUT2D eigenvalue weighted by Crippen LogP contribution is -2.55. The number of ether oxygens (including phenoxy) is 2. The van der Waals surface area contributed by atoms with Crippen molar-refractivity contribution in [1.82, 2.24) is 9.80 Å². The summed E-state index contributed by atoms with van der Waals surface area (Å²) in [5.41, 5.74) is 0.197. The fraction of sp³-hybridized carbons (Fsp3) is 0.556. The highest BCUT2D eigenvalue weighted by Gasteiger charge is 2.32. The minimum absolute atomic E-state index is 0.0827. The number of hydrogen-bond acceptors (Lipinski definition) is 4. The normalized spacial score (nSPS) is 17.5. The summed E-state index contributed by atoms with van der Waals surface area (Å²) < 4.78 is 11.0. The van der Waals surface area contributed by atoms with Gasteiger partial charge in [0.1, 0.15) is 18.0 Å². The zero-order valence-electron chi connectivity index (χ0n) is 15.3. The molecule has 142 valence electrons. The molecule has 0 bridgehead atoms. The summed E-state index contributed by atoms with van der Waals surface area (Å²) in [5, 5.41) is 0.573. The second kappa shape index (κ2) is 7.23. The maximum atomic E-state index is 12.9. The molecular formula is C18H24ClN3O4. The van der Waals surface area contributed by atoms with Gasteiger partial charge in [-0.25, -0.2) is 9.59 Å². The van der Waals surface area contributed by atoms with Crippen molar-refractivity contribution in [3.8, 4) is 5.75 Å². The summed E-state index contributed by atoms with van der Waals surface area (Å²) in [6.07, 6.45) is -0.337. The molecular weight excluding hydrogens is 358 g/mol. The smallest absolute Gasteiger partial charge is 0.410 e. The Morgan fingerprint density at radius 1 is 1.08 bits per heavy atom. The average molecular weight is 382 g/mol. The molecule has 0 aromatic heterocycles. The molecule has 3 rings (SSSR count). The number of benzene rings is 1. The molecule has 0 aliphatic carbocycles. The van der Waals surface area contributed by atoms with Crippen molar-refractivity contribution >= 4 is 29.4 Å². The highest BCUT2D eigenvalue weighted by Crippen LogP contribution is 2.34. The Bertz CT molecular complexity index is 696. The van der Waals surface area contributed by atoms with Gasteiger partial charge < -0.3 is 19.3 Å². The van der Waals surface area contributed by atoms with E-state index in [9.17, 15) is 9.59 Å². The summed E-state index contributed by atoms with van der Waals surface area (Å²) in [6, 6.07) is 5.18. The SMILES string of the molecule is CC(C)(C)OC(=O)N1CCN(C(=O)N2CCOc3cc(Cl)ccc32)CC1. The molecule has 2 aliphatic heterocycles. The molecule has 1 aromatic rings. The zero-order valence-corrected chi connectivity index (χ0v) is 16.1. The van der Waals surface area contributed by atoms with Gasteiger partial charge in [0.15, 0.2) is 0 Å². The molecule has 0 radical (unpaired) electrons. The van der Waals surface area contributed by atoms with E-state index in [1.165, 1.54) is 0 Å². The Hall–Kier alpha value is -2.15. The second-order valence-corrected chi connectivity index (χ2v) is 7.79. The lowest BCUT2D eigenvalue weighted by atomic mass is 10.2. The highest BCUT2D eigenvalue weighted by atomic mass is 35.5. The largest absolute Gasteiger partial charge is 0.489 e. The number of hydrogen-bond donors (Lipinski definition) is 0. The van der Waals surface area contributed by atoms with Gasteiger partial charge in [-0.3, -0.25) is 4.90 Å². The number of piperazine rings is 1. The number of carbonyl (C=O) groups is 2. The van der Waals surface area contributed by atoms with Gasteiger partial charge in [0.05, 0.1) is 12.2 Å². The summed E-state index contributed by atoms with van der Waals surface area (Å²) in [4.78, 5) is 30.2. The van der Waals surface area contributed by atoms with Gasteiger partial charge in [0.2, 0.25) is 0 Å². The van der Waals surface area contributed by atoms with E-state index >= 15 is 0 Å². The van der Waals surface area contributed by atoms with Crippen molar-refractivity contribution in [2.24, 2.45) is 0 Å². The number of rotatable bonds is 0. The van der Waals surface area contributed by atoms with E-state index in [2.05, 4.69) is 0 Å².